The van der Waals surface area contributed by atoms with Crippen molar-refractivity contribution < 1.29 is 0 Å². The number of thiazole rings is 1. The number of nitrogens with zero attached hydrogens (tertiary/aromatic N) is 2. The lowest BCUT2D eigenvalue weighted by molar-refractivity contribution is 0.594. The molecule has 1 unspecified atom stereocenters. The van der Waals surface area contributed by atoms with E-state index in [2.05, 4.69) is 28.5 Å². The monoisotopic (exact) mass is 282 g/mol. The molecule has 0 aliphatic carbocycles. The normalized spacial score (nSPS) is 12.6. The number of aryl methyl sites for hydroxylation is 1. The zero-order chi connectivity index (χ0) is 13.1. The second kappa shape index (κ2) is 5.67. The molecule has 0 spiro atoms. The highest BCUT2D eigenvalue weighted by molar-refractivity contribution is 7.11. The van der Waals surface area contributed by atoms with Gasteiger partial charge in [0.05, 0.1) is 16.3 Å². The van der Waals surface area contributed by atoms with E-state index in [9.17, 15) is 0 Å². The maximum absolute atomic E-state index is 5.95. The van der Waals surface area contributed by atoms with Gasteiger partial charge in [0.25, 0.3) is 0 Å². The molecule has 6 heteroatoms. The lowest BCUT2D eigenvalue weighted by atomic mass is 10.1. The molecule has 0 aliphatic rings. The van der Waals surface area contributed by atoms with Gasteiger partial charge in [0, 0.05) is 11.9 Å². The first-order valence-electron chi connectivity index (χ1n) is 6.03. The van der Waals surface area contributed by atoms with Gasteiger partial charge in [-0.05, 0) is 24.4 Å². The molecule has 3 N–H and O–H groups in total. The second-order valence-electron chi connectivity index (χ2n) is 4.42. The number of nitrogens with two attached hydrogens (primary N) is 1. The van der Waals surface area contributed by atoms with Gasteiger partial charge in [0.15, 0.2) is 0 Å². The highest BCUT2D eigenvalue weighted by Crippen LogP contribution is 2.37. The van der Waals surface area contributed by atoms with Crippen LogP contribution in [0.1, 0.15) is 25.3 Å². The van der Waals surface area contributed by atoms with E-state index in [-0.39, 0.29) is 0 Å². The quantitative estimate of drug-likeness (QED) is 0.879. The number of nitrogens with one attached hydrogen (secondary N) is 1. The number of nitrogen functional groups attached to an aromatic ring is 1. The molecule has 18 heavy (non-hydrogen) atoms. The zero-order valence-electron chi connectivity index (χ0n) is 10.9. The minimum atomic E-state index is 0.567. The van der Waals surface area contributed by atoms with Gasteiger partial charge in [-0.1, -0.05) is 20.3 Å². The molecule has 0 fully saturated rings. The van der Waals surface area contributed by atoms with Crippen LogP contribution in [0.5, 0.6) is 0 Å². The van der Waals surface area contributed by atoms with Crippen LogP contribution >= 0.6 is 22.9 Å². The van der Waals surface area contributed by atoms with Crippen molar-refractivity contribution in [3.63, 3.8) is 0 Å². The molecule has 0 saturated heterocycles. The van der Waals surface area contributed by atoms with Crippen molar-refractivity contribution in [2.75, 3.05) is 17.6 Å². The Morgan fingerprint density at radius 1 is 1.50 bits per heavy atom. The number of aromatic nitrogens is 2. The molecule has 2 rings (SSSR count). The van der Waals surface area contributed by atoms with E-state index in [0.717, 1.165) is 34.2 Å². The largest absolute Gasteiger partial charge is 0.382 e. The molecule has 2 aromatic rings. The van der Waals surface area contributed by atoms with Gasteiger partial charge < -0.3 is 11.1 Å². The fourth-order valence-electron chi connectivity index (χ4n) is 1.56. The van der Waals surface area contributed by atoms with Crippen molar-refractivity contribution in [2.24, 2.45) is 5.92 Å². The summed E-state index contributed by atoms with van der Waals surface area (Å²) >= 11 is 3.04. The molecule has 4 nitrogen and oxygen atoms in total. The topological polar surface area (TPSA) is 63.8 Å². The van der Waals surface area contributed by atoms with E-state index >= 15 is 0 Å². The summed E-state index contributed by atoms with van der Waals surface area (Å²) < 4.78 is 4.23. The summed E-state index contributed by atoms with van der Waals surface area (Å²) in [5.41, 5.74) is 7.82. The molecule has 0 amide bonds. The standard InChI is InChI=1S/C12H18N4S2/c1-4-7(2)5-14-12-10(11(13)16-18-12)9-6-17-8(3)15-9/h6-7,14H,4-5H2,1-3H3,(H2,13,16). The van der Waals surface area contributed by atoms with Crippen molar-refractivity contribution in [1.82, 2.24) is 9.36 Å². The maximum Gasteiger partial charge on any atom is 0.148 e. The third kappa shape index (κ3) is 2.81. The van der Waals surface area contributed by atoms with Crippen LogP contribution in [0.2, 0.25) is 0 Å². The maximum atomic E-state index is 5.95. The van der Waals surface area contributed by atoms with Gasteiger partial charge in [-0.2, -0.15) is 4.37 Å². The van der Waals surface area contributed by atoms with Crippen LogP contribution in [-0.4, -0.2) is 15.9 Å². The van der Waals surface area contributed by atoms with Gasteiger partial charge in [-0.3, -0.25) is 0 Å². The van der Waals surface area contributed by atoms with E-state index in [0.29, 0.717) is 11.7 Å². The average Bonchev–Trinajstić information content (AvgIpc) is 2.92. The first-order chi connectivity index (χ1) is 8.61. The Bertz CT molecular complexity index is 518. The summed E-state index contributed by atoms with van der Waals surface area (Å²) in [6.45, 7) is 7.35. The second-order valence-corrected chi connectivity index (χ2v) is 6.25. The average molecular weight is 282 g/mol. The molecule has 0 radical (unpaired) electrons. The Hall–Kier alpha value is -1.14. The van der Waals surface area contributed by atoms with E-state index in [4.69, 9.17) is 5.73 Å². The summed E-state index contributed by atoms with van der Waals surface area (Å²) in [5, 5.41) is 7.54. The van der Waals surface area contributed by atoms with Crippen LogP contribution in [0.25, 0.3) is 11.3 Å². The van der Waals surface area contributed by atoms with Crippen LogP contribution in [0.3, 0.4) is 0 Å². The summed E-state index contributed by atoms with van der Waals surface area (Å²) in [6, 6.07) is 0. The summed E-state index contributed by atoms with van der Waals surface area (Å²) in [7, 11) is 0. The molecular formula is C12H18N4S2. The minimum Gasteiger partial charge on any atom is -0.382 e. The molecule has 0 bridgehead atoms. The molecule has 2 heterocycles. The van der Waals surface area contributed by atoms with Gasteiger partial charge in [0.1, 0.15) is 10.8 Å². The van der Waals surface area contributed by atoms with Crippen LogP contribution in [-0.2, 0) is 0 Å². The third-order valence-electron chi connectivity index (χ3n) is 2.90. The Labute approximate surface area is 115 Å². The number of hydrogen-bond acceptors (Lipinski definition) is 6. The lowest BCUT2D eigenvalue weighted by Gasteiger charge is -2.10. The fraction of sp³-hybridized carbons (Fsp3) is 0.500. The smallest absolute Gasteiger partial charge is 0.148 e. The van der Waals surface area contributed by atoms with Crippen molar-refractivity contribution in [1.29, 1.82) is 0 Å². The number of hydrogen-bond donors (Lipinski definition) is 2. The van der Waals surface area contributed by atoms with Crippen molar-refractivity contribution in [2.45, 2.75) is 27.2 Å². The molecule has 0 aromatic carbocycles. The highest BCUT2D eigenvalue weighted by atomic mass is 32.1. The van der Waals surface area contributed by atoms with Crippen LogP contribution in [0, 0.1) is 12.8 Å². The van der Waals surface area contributed by atoms with Gasteiger partial charge in [0.2, 0.25) is 0 Å². The van der Waals surface area contributed by atoms with Gasteiger partial charge >= 0.3 is 0 Å². The first-order valence-corrected chi connectivity index (χ1v) is 7.68. The van der Waals surface area contributed by atoms with Gasteiger partial charge in [-0.25, -0.2) is 4.98 Å². The van der Waals surface area contributed by atoms with E-state index in [1.807, 2.05) is 12.3 Å². The summed E-state index contributed by atoms with van der Waals surface area (Å²) in [4.78, 5) is 4.49. The number of anilines is 2. The first kappa shape index (κ1) is 13.3. The van der Waals surface area contributed by atoms with E-state index in [1.54, 1.807) is 11.3 Å². The predicted molar refractivity (Wildman–Crippen MR) is 80.3 cm³/mol. The predicted octanol–water partition coefficient (Wildman–Crippen LogP) is 3.62. The molecular weight excluding hydrogens is 264 g/mol. The lowest BCUT2D eigenvalue weighted by Crippen LogP contribution is -2.09. The Kier molecular flexibility index (Phi) is 4.19. The zero-order valence-corrected chi connectivity index (χ0v) is 12.5. The Morgan fingerprint density at radius 2 is 2.28 bits per heavy atom. The SMILES string of the molecule is CCC(C)CNc1snc(N)c1-c1csc(C)n1. The number of rotatable bonds is 5. The molecule has 98 valence electrons. The van der Waals surface area contributed by atoms with Crippen LogP contribution in [0.15, 0.2) is 5.38 Å². The molecule has 0 aliphatic heterocycles. The van der Waals surface area contributed by atoms with Crippen LogP contribution < -0.4 is 11.1 Å². The molecule has 2 aromatic heterocycles. The highest BCUT2D eigenvalue weighted by Gasteiger charge is 2.16. The van der Waals surface area contributed by atoms with E-state index < -0.39 is 0 Å². The van der Waals surface area contributed by atoms with Crippen molar-refractivity contribution in [3.05, 3.63) is 10.4 Å². The molecule has 1 atom stereocenters. The van der Waals surface area contributed by atoms with E-state index in [1.165, 1.54) is 11.5 Å². The Morgan fingerprint density at radius 3 is 2.89 bits per heavy atom. The van der Waals surface area contributed by atoms with Crippen molar-refractivity contribution >= 4 is 33.7 Å². The molecule has 0 saturated carbocycles. The third-order valence-corrected chi connectivity index (χ3v) is 4.49. The Balaban J connectivity index is 2.22. The van der Waals surface area contributed by atoms with Gasteiger partial charge in [-0.15, -0.1) is 11.3 Å². The summed E-state index contributed by atoms with van der Waals surface area (Å²) in [6.07, 6.45) is 1.16. The summed E-state index contributed by atoms with van der Waals surface area (Å²) in [5.74, 6) is 1.20. The van der Waals surface area contributed by atoms with Crippen LogP contribution in [0.4, 0.5) is 10.8 Å². The fourth-order valence-corrected chi connectivity index (χ4v) is 2.89. The van der Waals surface area contributed by atoms with Crippen molar-refractivity contribution in [3.8, 4) is 11.3 Å². The minimum absolute atomic E-state index is 0.567.